The summed E-state index contributed by atoms with van der Waals surface area (Å²) in [7, 11) is 0. The number of likely N-dealkylation sites (tertiary alicyclic amines) is 1. The standard InChI is InChI=1S/C12H13IN2O2/c13-9-5-3-8(4-6-9)12(17)15-7-1-2-10(15)11(14)16/h3-6,10H,1-2,7H2,(H2,14,16)/t10-/m1/s1. The SMILES string of the molecule is NC(=O)[C@H]1CCCN1C(=O)c1ccc(I)cc1. The van der Waals surface area contributed by atoms with Crippen LogP contribution in [-0.2, 0) is 4.79 Å². The van der Waals surface area contributed by atoms with E-state index in [-0.39, 0.29) is 5.91 Å². The second-order valence-electron chi connectivity index (χ2n) is 4.07. The first kappa shape index (κ1) is 12.3. The molecule has 1 heterocycles. The Morgan fingerprint density at radius 1 is 1.29 bits per heavy atom. The van der Waals surface area contributed by atoms with Gasteiger partial charge < -0.3 is 10.6 Å². The van der Waals surface area contributed by atoms with Crippen LogP contribution in [0.15, 0.2) is 24.3 Å². The van der Waals surface area contributed by atoms with Gasteiger partial charge in [0.15, 0.2) is 0 Å². The molecule has 1 atom stereocenters. The Morgan fingerprint density at radius 3 is 2.53 bits per heavy atom. The molecule has 0 saturated carbocycles. The molecule has 2 N–H and O–H groups in total. The van der Waals surface area contributed by atoms with E-state index >= 15 is 0 Å². The van der Waals surface area contributed by atoms with Gasteiger partial charge in [0.05, 0.1) is 0 Å². The molecule has 1 aliphatic heterocycles. The Hall–Kier alpha value is -1.11. The molecule has 0 aromatic heterocycles. The summed E-state index contributed by atoms with van der Waals surface area (Å²) in [6.45, 7) is 0.610. The molecule has 2 rings (SSSR count). The van der Waals surface area contributed by atoms with Crippen LogP contribution in [0.3, 0.4) is 0 Å². The summed E-state index contributed by atoms with van der Waals surface area (Å²) >= 11 is 2.18. The normalized spacial score (nSPS) is 19.4. The zero-order chi connectivity index (χ0) is 12.4. The van der Waals surface area contributed by atoms with Gasteiger partial charge in [-0.15, -0.1) is 0 Å². The second-order valence-corrected chi connectivity index (χ2v) is 5.31. The van der Waals surface area contributed by atoms with Crippen molar-refractivity contribution < 1.29 is 9.59 Å². The van der Waals surface area contributed by atoms with Gasteiger partial charge >= 0.3 is 0 Å². The first-order chi connectivity index (χ1) is 8.09. The van der Waals surface area contributed by atoms with Gasteiger partial charge in [-0.1, -0.05) is 0 Å². The zero-order valence-corrected chi connectivity index (χ0v) is 11.4. The van der Waals surface area contributed by atoms with Crippen molar-refractivity contribution >= 4 is 34.4 Å². The molecule has 5 heteroatoms. The van der Waals surface area contributed by atoms with Crippen LogP contribution in [0.2, 0.25) is 0 Å². The number of amides is 2. The van der Waals surface area contributed by atoms with Crippen molar-refractivity contribution in [3.8, 4) is 0 Å². The molecular weight excluding hydrogens is 331 g/mol. The smallest absolute Gasteiger partial charge is 0.254 e. The molecule has 1 saturated heterocycles. The molecule has 4 nitrogen and oxygen atoms in total. The van der Waals surface area contributed by atoms with E-state index in [0.717, 1.165) is 9.99 Å². The lowest BCUT2D eigenvalue weighted by molar-refractivity contribution is -0.121. The highest BCUT2D eigenvalue weighted by atomic mass is 127. The van der Waals surface area contributed by atoms with Crippen molar-refractivity contribution in [1.82, 2.24) is 4.90 Å². The van der Waals surface area contributed by atoms with Gasteiger partial charge in [0.2, 0.25) is 5.91 Å². The van der Waals surface area contributed by atoms with E-state index in [1.54, 1.807) is 17.0 Å². The third-order valence-electron chi connectivity index (χ3n) is 2.93. The van der Waals surface area contributed by atoms with Crippen LogP contribution in [0.1, 0.15) is 23.2 Å². The quantitative estimate of drug-likeness (QED) is 0.824. The lowest BCUT2D eigenvalue weighted by Crippen LogP contribution is -2.43. The van der Waals surface area contributed by atoms with Crippen LogP contribution in [0.5, 0.6) is 0 Å². The largest absolute Gasteiger partial charge is 0.368 e. The summed E-state index contributed by atoms with van der Waals surface area (Å²) in [4.78, 5) is 25.0. The van der Waals surface area contributed by atoms with E-state index in [2.05, 4.69) is 22.6 Å². The number of halogens is 1. The highest BCUT2D eigenvalue weighted by Gasteiger charge is 2.32. The fraction of sp³-hybridized carbons (Fsp3) is 0.333. The molecular formula is C12H13IN2O2. The lowest BCUT2D eigenvalue weighted by atomic mass is 10.1. The van der Waals surface area contributed by atoms with Gasteiger partial charge in [0.1, 0.15) is 6.04 Å². The Labute approximate surface area is 113 Å². The van der Waals surface area contributed by atoms with Gasteiger partial charge in [0, 0.05) is 15.7 Å². The Morgan fingerprint density at radius 2 is 1.94 bits per heavy atom. The van der Waals surface area contributed by atoms with Gasteiger partial charge in [0.25, 0.3) is 5.91 Å². The summed E-state index contributed by atoms with van der Waals surface area (Å²) in [6, 6.07) is 6.87. The van der Waals surface area contributed by atoms with E-state index in [4.69, 9.17) is 5.73 Å². The molecule has 0 spiro atoms. The second kappa shape index (κ2) is 5.03. The number of benzene rings is 1. The minimum absolute atomic E-state index is 0.109. The molecule has 1 aliphatic rings. The van der Waals surface area contributed by atoms with E-state index in [9.17, 15) is 9.59 Å². The fourth-order valence-electron chi connectivity index (χ4n) is 2.06. The average Bonchev–Trinajstić information content (AvgIpc) is 2.78. The third kappa shape index (κ3) is 2.59. The number of carbonyl (C=O) groups is 2. The van der Waals surface area contributed by atoms with Crippen molar-refractivity contribution in [2.45, 2.75) is 18.9 Å². The van der Waals surface area contributed by atoms with Crippen molar-refractivity contribution in [2.75, 3.05) is 6.54 Å². The molecule has 90 valence electrons. The summed E-state index contributed by atoms with van der Waals surface area (Å²) < 4.78 is 1.08. The monoisotopic (exact) mass is 344 g/mol. The Balaban J connectivity index is 2.19. The molecule has 17 heavy (non-hydrogen) atoms. The molecule has 2 amide bonds. The molecule has 1 aromatic carbocycles. The molecule has 1 fully saturated rings. The van der Waals surface area contributed by atoms with Crippen LogP contribution in [0.4, 0.5) is 0 Å². The van der Waals surface area contributed by atoms with E-state index < -0.39 is 11.9 Å². The third-order valence-corrected chi connectivity index (χ3v) is 3.65. The number of nitrogens with zero attached hydrogens (tertiary/aromatic N) is 1. The van der Waals surface area contributed by atoms with Gasteiger partial charge in [-0.2, -0.15) is 0 Å². The van der Waals surface area contributed by atoms with Gasteiger partial charge in [-0.05, 0) is 59.7 Å². The summed E-state index contributed by atoms with van der Waals surface area (Å²) in [5.41, 5.74) is 5.90. The average molecular weight is 344 g/mol. The minimum atomic E-state index is -0.443. The first-order valence-corrected chi connectivity index (χ1v) is 6.53. The minimum Gasteiger partial charge on any atom is -0.368 e. The van der Waals surface area contributed by atoms with Crippen LogP contribution in [0.25, 0.3) is 0 Å². The van der Waals surface area contributed by atoms with Gasteiger partial charge in [-0.25, -0.2) is 0 Å². The number of rotatable bonds is 2. The lowest BCUT2D eigenvalue weighted by Gasteiger charge is -2.22. The maximum atomic E-state index is 12.2. The van der Waals surface area contributed by atoms with E-state index in [0.29, 0.717) is 18.5 Å². The zero-order valence-electron chi connectivity index (χ0n) is 9.23. The Bertz CT molecular complexity index is 444. The number of nitrogens with two attached hydrogens (primary N) is 1. The van der Waals surface area contributed by atoms with Crippen LogP contribution < -0.4 is 5.73 Å². The molecule has 1 aromatic rings. The topological polar surface area (TPSA) is 63.4 Å². The summed E-state index contributed by atoms with van der Waals surface area (Å²) in [5, 5.41) is 0. The summed E-state index contributed by atoms with van der Waals surface area (Å²) in [6.07, 6.45) is 1.51. The number of carbonyl (C=O) groups excluding carboxylic acids is 2. The number of hydrogen-bond donors (Lipinski definition) is 1. The first-order valence-electron chi connectivity index (χ1n) is 5.45. The van der Waals surface area contributed by atoms with Crippen molar-refractivity contribution in [3.63, 3.8) is 0 Å². The van der Waals surface area contributed by atoms with Gasteiger partial charge in [-0.3, -0.25) is 9.59 Å². The van der Waals surface area contributed by atoms with Crippen LogP contribution in [0, 0.1) is 3.57 Å². The number of primary amides is 1. The van der Waals surface area contributed by atoms with Crippen molar-refractivity contribution in [1.29, 1.82) is 0 Å². The predicted molar refractivity (Wildman–Crippen MR) is 72.4 cm³/mol. The summed E-state index contributed by atoms with van der Waals surface area (Å²) in [5.74, 6) is -0.524. The van der Waals surface area contributed by atoms with Crippen LogP contribution in [-0.4, -0.2) is 29.3 Å². The predicted octanol–water partition coefficient (Wildman–Crippen LogP) is 1.38. The highest BCUT2D eigenvalue weighted by Crippen LogP contribution is 2.20. The van der Waals surface area contributed by atoms with Crippen molar-refractivity contribution in [3.05, 3.63) is 33.4 Å². The number of hydrogen-bond acceptors (Lipinski definition) is 2. The highest BCUT2D eigenvalue weighted by molar-refractivity contribution is 14.1. The molecule has 0 radical (unpaired) electrons. The molecule has 0 aliphatic carbocycles. The fourth-order valence-corrected chi connectivity index (χ4v) is 2.42. The maximum Gasteiger partial charge on any atom is 0.254 e. The molecule has 0 bridgehead atoms. The van der Waals surface area contributed by atoms with Crippen LogP contribution >= 0.6 is 22.6 Å². The van der Waals surface area contributed by atoms with E-state index in [1.165, 1.54) is 0 Å². The Kier molecular flexibility index (Phi) is 3.66. The van der Waals surface area contributed by atoms with Crippen molar-refractivity contribution in [2.24, 2.45) is 5.73 Å². The molecule has 0 unspecified atom stereocenters. The van der Waals surface area contributed by atoms with E-state index in [1.807, 2.05) is 12.1 Å². The maximum absolute atomic E-state index is 12.2.